The Morgan fingerprint density at radius 2 is 2.04 bits per heavy atom. The van der Waals surface area contributed by atoms with Crippen LogP contribution < -0.4 is 15.0 Å². The van der Waals surface area contributed by atoms with Crippen LogP contribution >= 0.6 is 11.6 Å². The Morgan fingerprint density at radius 3 is 2.71 bits per heavy atom. The van der Waals surface area contributed by atoms with E-state index in [0.717, 1.165) is 23.4 Å². The molecule has 24 heavy (non-hydrogen) atoms. The molecule has 2 atom stereocenters. The molecule has 0 saturated heterocycles. The summed E-state index contributed by atoms with van der Waals surface area (Å²) < 4.78 is 5.20. The maximum atomic E-state index is 12.0. The maximum Gasteiger partial charge on any atom is 0.224 e. The van der Waals surface area contributed by atoms with E-state index >= 15 is 0 Å². The minimum absolute atomic E-state index is 0.0703. The predicted octanol–water partition coefficient (Wildman–Crippen LogP) is 4.65. The van der Waals surface area contributed by atoms with Gasteiger partial charge in [-0.25, -0.2) is 0 Å². The van der Waals surface area contributed by atoms with Gasteiger partial charge in [-0.05, 0) is 43.2 Å². The summed E-state index contributed by atoms with van der Waals surface area (Å²) in [6.45, 7) is 3.69. The van der Waals surface area contributed by atoms with Crippen molar-refractivity contribution in [1.29, 1.82) is 0 Å². The molecule has 4 nitrogen and oxygen atoms in total. The number of ether oxygens (including phenoxy) is 1. The van der Waals surface area contributed by atoms with E-state index in [9.17, 15) is 4.79 Å². The van der Waals surface area contributed by atoms with E-state index in [4.69, 9.17) is 16.3 Å². The number of halogens is 1. The normalized spacial score (nSPS) is 19.6. The molecule has 0 aromatic heterocycles. The first-order valence-electron chi connectivity index (χ1n) is 8.00. The molecule has 1 aliphatic heterocycles. The first kappa shape index (κ1) is 16.7. The highest BCUT2D eigenvalue weighted by Crippen LogP contribution is 2.39. The van der Waals surface area contributed by atoms with Gasteiger partial charge in [0.1, 0.15) is 5.75 Å². The molecule has 0 radical (unpaired) electrons. The van der Waals surface area contributed by atoms with Crippen molar-refractivity contribution in [1.82, 2.24) is 0 Å². The molecule has 0 bridgehead atoms. The third-order valence-corrected chi connectivity index (χ3v) is 4.72. The number of carbonyl (C=O) groups is 1. The van der Waals surface area contributed by atoms with Gasteiger partial charge in [-0.15, -0.1) is 0 Å². The van der Waals surface area contributed by atoms with Crippen LogP contribution in [0.3, 0.4) is 0 Å². The lowest BCUT2D eigenvalue weighted by Gasteiger charge is -2.39. The standard InChI is InChI=1S/C19H21ClN2O2/c1-12-10-17(21-14-8-9-19(24-3)16(20)11-14)15-6-4-5-7-18(15)22(12)13(2)23/h4-9,11-12,17,21H,10H2,1-3H3. The van der Waals surface area contributed by atoms with Gasteiger partial charge in [-0.3, -0.25) is 4.79 Å². The van der Waals surface area contributed by atoms with E-state index in [-0.39, 0.29) is 18.0 Å². The maximum absolute atomic E-state index is 12.0. The number of benzene rings is 2. The lowest BCUT2D eigenvalue weighted by molar-refractivity contribution is -0.117. The number of nitrogens with one attached hydrogen (secondary N) is 1. The van der Waals surface area contributed by atoms with E-state index in [1.54, 1.807) is 14.0 Å². The molecule has 3 rings (SSSR count). The molecule has 0 aliphatic carbocycles. The van der Waals surface area contributed by atoms with Crippen molar-refractivity contribution in [2.45, 2.75) is 32.4 Å². The largest absolute Gasteiger partial charge is 0.495 e. The summed E-state index contributed by atoms with van der Waals surface area (Å²) in [6.07, 6.45) is 0.834. The van der Waals surface area contributed by atoms with Gasteiger partial charge in [0, 0.05) is 24.3 Å². The highest BCUT2D eigenvalue weighted by molar-refractivity contribution is 6.32. The Bertz CT molecular complexity index is 763. The number of hydrogen-bond donors (Lipinski definition) is 1. The molecule has 1 amide bonds. The number of fused-ring (bicyclic) bond motifs is 1. The molecule has 5 heteroatoms. The van der Waals surface area contributed by atoms with Gasteiger partial charge in [0.2, 0.25) is 5.91 Å². The number of carbonyl (C=O) groups excluding carboxylic acids is 1. The lowest BCUT2D eigenvalue weighted by atomic mass is 9.91. The molecule has 2 aromatic rings. The van der Waals surface area contributed by atoms with Crippen LogP contribution in [0, 0.1) is 0 Å². The monoisotopic (exact) mass is 344 g/mol. The van der Waals surface area contributed by atoms with E-state index in [1.807, 2.05) is 41.3 Å². The summed E-state index contributed by atoms with van der Waals surface area (Å²) in [6, 6.07) is 14.0. The zero-order valence-corrected chi connectivity index (χ0v) is 14.8. The first-order chi connectivity index (χ1) is 11.5. The van der Waals surface area contributed by atoms with E-state index in [2.05, 4.69) is 18.3 Å². The quantitative estimate of drug-likeness (QED) is 0.881. The molecule has 0 saturated carbocycles. The van der Waals surface area contributed by atoms with Crippen LogP contribution in [-0.2, 0) is 4.79 Å². The van der Waals surface area contributed by atoms with Crippen LogP contribution in [0.25, 0.3) is 0 Å². The summed E-state index contributed by atoms with van der Waals surface area (Å²) in [5.41, 5.74) is 3.03. The van der Waals surface area contributed by atoms with Gasteiger partial charge in [-0.1, -0.05) is 29.8 Å². The zero-order chi connectivity index (χ0) is 17.3. The van der Waals surface area contributed by atoms with Crippen molar-refractivity contribution >= 4 is 28.9 Å². The minimum atomic E-state index is 0.0703. The van der Waals surface area contributed by atoms with Crippen molar-refractivity contribution < 1.29 is 9.53 Å². The summed E-state index contributed by atoms with van der Waals surface area (Å²) in [4.78, 5) is 13.9. The van der Waals surface area contributed by atoms with Gasteiger partial charge < -0.3 is 15.0 Å². The zero-order valence-electron chi connectivity index (χ0n) is 14.0. The number of para-hydroxylation sites is 1. The average molecular weight is 345 g/mol. The van der Waals surface area contributed by atoms with Crippen molar-refractivity contribution in [2.24, 2.45) is 0 Å². The average Bonchev–Trinajstić information content (AvgIpc) is 2.54. The molecule has 1 N–H and O–H groups in total. The predicted molar refractivity (Wildman–Crippen MR) is 98.0 cm³/mol. The fourth-order valence-corrected chi connectivity index (χ4v) is 3.64. The molecule has 2 unspecified atom stereocenters. The molecular weight excluding hydrogens is 324 g/mol. The van der Waals surface area contributed by atoms with Crippen LogP contribution in [-0.4, -0.2) is 19.1 Å². The Labute approximate surface area is 147 Å². The molecule has 126 valence electrons. The lowest BCUT2D eigenvalue weighted by Crippen LogP contribution is -2.43. The summed E-state index contributed by atoms with van der Waals surface area (Å²) in [7, 11) is 1.60. The Kier molecular flexibility index (Phi) is 4.67. The van der Waals surface area contributed by atoms with Gasteiger partial charge in [0.05, 0.1) is 18.2 Å². The second-order valence-electron chi connectivity index (χ2n) is 6.08. The number of methoxy groups -OCH3 is 1. The summed E-state index contributed by atoms with van der Waals surface area (Å²) in [5, 5.41) is 4.12. The van der Waals surface area contributed by atoms with E-state index in [0.29, 0.717) is 10.8 Å². The molecule has 0 fully saturated rings. The van der Waals surface area contributed by atoms with Crippen LogP contribution in [0.1, 0.15) is 31.9 Å². The molecule has 1 heterocycles. The van der Waals surface area contributed by atoms with Crippen molar-refractivity contribution in [3.05, 3.63) is 53.1 Å². The highest BCUT2D eigenvalue weighted by atomic mass is 35.5. The summed E-state index contributed by atoms with van der Waals surface area (Å²) >= 11 is 6.22. The number of anilines is 2. The van der Waals surface area contributed by atoms with Crippen LogP contribution in [0.2, 0.25) is 5.02 Å². The fourth-order valence-electron chi connectivity index (χ4n) is 3.39. The molecule has 0 spiro atoms. The first-order valence-corrected chi connectivity index (χ1v) is 8.38. The molecular formula is C19H21ClN2O2. The van der Waals surface area contributed by atoms with Crippen LogP contribution in [0.15, 0.2) is 42.5 Å². The number of rotatable bonds is 3. The second-order valence-corrected chi connectivity index (χ2v) is 6.49. The highest BCUT2D eigenvalue weighted by Gasteiger charge is 2.32. The SMILES string of the molecule is COc1ccc(NC2CC(C)N(C(C)=O)c3ccccc32)cc1Cl. The Morgan fingerprint density at radius 1 is 1.29 bits per heavy atom. The van der Waals surface area contributed by atoms with Crippen molar-refractivity contribution in [2.75, 3.05) is 17.3 Å². The topological polar surface area (TPSA) is 41.6 Å². The smallest absolute Gasteiger partial charge is 0.224 e. The number of hydrogen-bond acceptors (Lipinski definition) is 3. The third-order valence-electron chi connectivity index (χ3n) is 4.42. The van der Waals surface area contributed by atoms with Gasteiger partial charge in [0.25, 0.3) is 0 Å². The Hall–Kier alpha value is -2.20. The minimum Gasteiger partial charge on any atom is -0.495 e. The molecule has 1 aliphatic rings. The summed E-state index contributed by atoms with van der Waals surface area (Å²) in [5.74, 6) is 0.725. The Balaban J connectivity index is 1.93. The van der Waals surface area contributed by atoms with Gasteiger partial charge in [0.15, 0.2) is 0 Å². The van der Waals surface area contributed by atoms with Crippen molar-refractivity contribution in [3.8, 4) is 5.75 Å². The van der Waals surface area contributed by atoms with Crippen LogP contribution in [0.5, 0.6) is 5.75 Å². The van der Waals surface area contributed by atoms with Crippen LogP contribution in [0.4, 0.5) is 11.4 Å². The molecule has 2 aromatic carbocycles. The van der Waals surface area contributed by atoms with Gasteiger partial charge >= 0.3 is 0 Å². The van der Waals surface area contributed by atoms with Crippen molar-refractivity contribution in [3.63, 3.8) is 0 Å². The van der Waals surface area contributed by atoms with E-state index < -0.39 is 0 Å². The van der Waals surface area contributed by atoms with E-state index in [1.165, 1.54) is 0 Å². The fraction of sp³-hybridized carbons (Fsp3) is 0.316. The number of amides is 1. The third kappa shape index (κ3) is 3.06. The van der Waals surface area contributed by atoms with Gasteiger partial charge in [-0.2, -0.15) is 0 Å². The number of nitrogens with zero attached hydrogens (tertiary/aromatic N) is 1. The second kappa shape index (κ2) is 6.73.